The Morgan fingerprint density at radius 1 is 0.822 bits per heavy atom. The van der Waals surface area contributed by atoms with Gasteiger partial charge in [-0.2, -0.15) is 0 Å². The number of benzene rings is 4. The summed E-state index contributed by atoms with van der Waals surface area (Å²) < 4.78 is 35.7. The molecular weight excluding hydrogens is 654 g/mol. The Hall–Kier alpha value is -4.15. The van der Waals surface area contributed by atoms with Gasteiger partial charge in [0, 0.05) is 24.0 Å². The predicted molar refractivity (Wildman–Crippen MR) is 181 cm³/mol. The minimum Gasteiger partial charge on any atom is -0.494 e. The van der Waals surface area contributed by atoms with E-state index in [1.165, 1.54) is 17.0 Å². The Kier molecular flexibility index (Phi) is 12.2. The number of carbonyl (C=O) groups is 2. The number of anilines is 1. The van der Waals surface area contributed by atoms with Crippen molar-refractivity contribution >= 4 is 43.5 Å². The van der Waals surface area contributed by atoms with E-state index >= 15 is 0 Å². The van der Waals surface area contributed by atoms with Crippen molar-refractivity contribution in [3.05, 3.63) is 125 Å². The summed E-state index contributed by atoms with van der Waals surface area (Å²) in [7, 11) is -4.17. The SMILES string of the molecule is CCCNC(=O)[C@@H](Cc1ccccc1)N(Cc1ccc(Br)cc1)C(=O)CN(c1ccc(OCC)cc1)S(=O)(=O)c1ccccc1. The zero-order valence-electron chi connectivity index (χ0n) is 25.4. The molecule has 236 valence electrons. The number of nitrogens with zero attached hydrogens (tertiary/aromatic N) is 2. The maximum absolute atomic E-state index is 14.5. The van der Waals surface area contributed by atoms with Gasteiger partial charge < -0.3 is 15.0 Å². The summed E-state index contributed by atoms with van der Waals surface area (Å²) in [5.41, 5.74) is 1.98. The van der Waals surface area contributed by atoms with E-state index in [2.05, 4.69) is 21.2 Å². The van der Waals surface area contributed by atoms with E-state index in [9.17, 15) is 18.0 Å². The lowest BCUT2D eigenvalue weighted by atomic mass is 10.0. The van der Waals surface area contributed by atoms with Gasteiger partial charge in [-0.1, -0.05) is 83.5 Å². The van der Waals surface area contributed by atoms with Crippen LogP contribution < -0.4 is 14.4 Å². The molecule has 0 radical (unpaired) electrons. The molecule has 2 amide bonds. The summed E-state index contributed by atoms with van der Waals surface area (Å²) in [4.78, 5) is 29.7. The molecule has 45 heavy (non-hydrogen) atoms. The summed E-state index contributed by atoms with van der Waals surface area (Å²) in [6, 6.07) is 30.7. The van der Waals surface area contributed by atoms with Crippen LogP contribution in [0.3, 0.4) is 0 Å². The molecule has 0 aromatic heterocycles. The molecule has 0 saturated heterocycles. The highest BCUT2D eigenvalue weighted by atomic mass is 79.9. The van der Waals surface area contributed by atoms with Crippen molar-refractivity contribution in [2.24, 2.45) is 0 Å². The fraction of sp³-hybridized carbons (Fsp3) is 0.257. The lowest BCUT2D eigenvalue weighted by Crippen LogP contribution is -2.53. The highest BCUT2D eigenvalue weighted by Gasteiger charge is 2.34. The number of hydrogen-bond acceptors (Lipinski definition) is 5. The first-order valence-electron chi connectivity index (χ1n) is 14.9. The van der Waals surface area contributed by atoms with Gasteiger partial charge in [0.1, 0.15) is 18.3 Å². The molecule has 4 aromatic rings. The smallest absolute Gasteiger partial charge is 0.264 e. The minimum absolute atomic E-state index is 0.0488. The fourth-order valence-corrected chi connectivity index (χ4v) is 6.53. The molecule has 0 aliphatic rings. The molecule has 0 unspecified atom stereocenters. The van der Waals surface area contributed by atoms with E-state index in [1.54, 1.807) is 42.5 Å². The molecule has 10 heteroatoms. The number of nitrogens with one attached hydrogen (secondary N) is 1. The van der Waals surface area contributed by atoms with Crippen LogP contribution >= 0.6 is 15.9 Å². The van der Waals surface area contributed by atoms with Crippen molar-refractivity contribution in [2.45, 2.75) is 44.2 Å². The second-order valence-corrected chi connectivity index (χ2v) is 13.2. The number of hydrogen-bond donors (Lipinski definition) is 1. The maximum Gasteiger partial charge on any atom is 0.264 e. The zero-order valence-corrected chi connectivity index (χ0v) is 27.8. The van der Waals surface area contributed by atoms with E-state index in [0.717, 1.165) is 26.3 Å². The molecule has 0 aliphatic heterocycles. The van der Waals surface area contributed by atoms with Gasteiger partial charge in [0.15, 0.2) is 0 Å². The average Bonchev–Trinajstić information content (AvgIpc) is 3.06. The summed E-state index contributed by atoms with van der Waals surface area (Å²) in [6.45, 7) is 4.31. The number of halogens is 1. The van der Waals surface area contributed by atoms with Crippen LogP contribution in [0.2, 0.25) is 0 Å². The third kappa shape index (κ3) is 9.18. The van der Waals surface area contributed by atoms with Crippen LogP contribution in [0.15, 0.2) is 119 Å². The monoisotopic (exact) mass is 691 g/mol. The quantitative estimate of drug-likeness (QED) is 0.160. The lowest BCUT2D eigenvalue weighted by molar-refractivity contribution is -0.140. The molecule has 0 heterocycles. The Morgan fingerprint density at radius 2 is 1.44 bits per heavy atom. The van der Waals surface area contributed by atoms with Crippen LogP contribution in [0.1, 0.15) is 31.4 Å². The molecule has 0 aliphatic carbocycles. The third-order valence-electron chi connectivity index (χ3n) is 7.13. The van der Waals surface area contributed by atoms with Gasteiger partial charge >= 0.3 is 0 Å². The van der Waals surface area contributed by atoms with Crippen LogP contribution in [-0.4, -0.2) is 50.9 Å². The first kappa shape index (κ1) is 33.7. The van der Waals surface area contributed by atoms with Crippen LogP contribution in [0.4, 0.5) is 5.69 Å². The van der Waals surface area contributed by atoms with Gasteiger partial charge in [-0.25, -0.2) is 8.42 Å². The maximum atomic E-state index is 14.5. The number of rotatable bonds is 15. The molecule has 4 rings (SSSR count). The normalized spacial score (nSPS) is 11.8. The number of amides is 2. The lowest BCUT2D eigenvalue weighted by Gasteiger charge is -2.34. The van der Waals surface area contributed by atoms with Crippen LogP contribution in [0, 0.1) is 0 Å². The Morgan fingerprint density at radius 3 is 2.04 bits per heavy atom. The first-order valence-corrected chi connectivity index (χ1v) is 17.1. The topological polar surface area (TPSA) is 96.0 Å². The summed E-state index contributed by atoms with van der Waals surface area (Å²) >= 11 is 3.46. The van der Waals surface area contributed by atoms with Gasteiger partial charge in [0.25, 0.3) is 10.0 Å². The fourth-order valence-electron chi connectivity index (χ4n) is 4.83. The largest absolute Gasteiger partial charge is 0.494 e. The van der Waals surface area contributed by atoms with E-state index in [0.29, 0.717) is 24.6 Å². The second kappa shape index (κ2) is 16.2. The molecule has 0 spiro atoms. The van der Waals surface area contributed by atoms with Gasteiger partial charge in [0.2, 0.25) is 11.8 Å². The van der Waals surface area contributed by atoms with Gasteiger partial charge in [0.05, 0.1) is 17.2 Å². The highest BCUT2D eigenvalue weighted by Crippen LogP contribution is 2.27. The first-order chi connectivity index (χ1) is 21.7. The molecule has 4 aromatic carbocycles. The van der Waals surface area contributed by atoms with Gasteiger partial charge in [-0.05, 0) is 73.0 Å². The summed E-state index contributed by atoms with van der Waals surface area (Å²) in [5, 5.41) is 2.96. The number of ether oxygens (including phenoxy) is 1. The molecular formula is C35H38BrN3O5S. The van der Waals surface area contributed by atoms with E-state index in [-0.39, 0.29) is 23.8 Å². The van der Waals surface area contributed by atoms with E-state index < -0.39 is 28.5 Å². The molecule has 1 N–H and O–H groups in total. The van der Waals surface area contributed by atoms with Crippen molar-refractivity contribution in [1.29, 1.82) is 0 Å². The molecule has 8 nitrogen and oxygen atoms in total. The van der Waals surface area contributed by atoms with E-state index in [4.69, 9.17) is 4.74 Å². The summed E-state index contributed by atoms with van der Waals surface area (Å²) in [6.07, 6.45) is 0.985. The average molecular weight is 693 g/mol. The molecule has 0 bridgehead atoms. The van der Waals surface area contributed by atoms with Crippen molar-refractivity contribution in [3.63, 3.8) is 0 Å². The van der Waals surface area contributed by atoms with Crippen LogP contribution in [0.5, 0.6) is 5.75 Å². The third-order valence-corrected chi connectivity index (χ3v) is 9.45. The predicted octanol–water partition coefficient (Wildman–Crippen LogP) is 6.21. The van der Waals surface area contributed by atoms with Crippen molar-refractivity contribution in [1.82, 2.24) is 10.2 Å². The Balaban J connectivity index is 1.78. The summed E-state index contributed by atoms with van der Waals surface area (Å²) in [5.74, 6) is -0.236. The second-order valence-electron chi connectivity index (χ2n) is 10.4. The van der Waals surface area contributed by atoms with Crippen LogP contribution in [0.25, 0.3) is 0 Å². The van der Waals surface area contributed by atoms with Gasteiger partial charge in [-0.15, -0.1) is 0 Å². The molecule has 0 fully saturated rings. The molecule has 1 atom stereocenters. The Labute approximate surface area is 274 Å². The zero-order chi connectivity index (χ0) is 32.2. The highest BCUT2D eigenvalue weighted by molar-refractivity contribution is 9.10. The molecule has 0 saturated carbocycles. The van der Waals surface area contributed by atoms with Crippen molar-refractivity contribution in [3.8, 4) is 5.75 Å². The van der Waals surface area contributed by atoms with E-state index in [1.807, 2.05) is 68.4 Å². The van der Waals surface area contributed by atoms with Gasteiger partial charge in [-0.3, -0.25) is 13.9 Å². The van der Waals surface area contributed by atoms with Crippen LogP contribution in [-0.2, 0) is 32.6 Å². The Bertz CT molecular complexity index is 1630. The minimum atomic E-state index is -4.17. The van der Waals surface area contributed by atoms with Crippen molar-refractivity contribution < 1.29 is 22.7 Å². The number of carbonyl (C=O) groups excluding carboxylic acids is 2. The van der Waals surface area contributed by atoms with Crippen molar-refractivity contribution in [2.75, 3.05) is 24.0 Å². The number of sulfonamides is 1. The standard InChI is InChI=1S/C35H38BrN3O5S/c1-3-23-37-35(41)33(24-27-11-7-5-8-12-27)38(25-28-15-17-29(36)18-16-28)34(40)26-39(30-19-21-31(22-20-30)44-4-2)45(42,43)32-13-9-6-10-14-32/h5-22,33H,3-4,23-26H2,1-2H3,(H,37,41)/t33-/m1/s1.